The van der Waals surface area contributed by atoms with E-state index in [1.807, 2.05) is 0 Å². The lowest BCUT2D eigenvalue weighted by atomic mass is 9.52. The van der Waals surface area contributed by atoms with Crippen LogP contribution in [-0.4, -0.2) is 53.8 Å². The molecule has 0 aromatic rings. The fourth-order valence-corrected chi connectivity index (χ4v) is 8.13. The molecule has 1 heterocycles. The molecule has 6 bridgehead atoms. The van der Waals surface area contributed by atoms with E-state index in [0.717, 1.165) is 25.7 Å². The third kappa shape index (κ3) is 3.17. The maximum absolute atomic E-state index is 13.5. The van der Waals surface area contributed by atoms with Gasteiger partial charge in [-0.3, -0.25) is 4.79 Å². The summed E-state index contributed by atoms with van der Waals surface area (Å²) in [6.45, 7) is 0.309. The first kappa shape index (κ1) is 20.8. The lowest BCUT2D eigenvalue weighted by Gasteiger charge is -2.60. The highest BCUT2D eigenvalue weighted by atomic mass is 19.3. The molecule has 6 saturated carbocycles. The van der Waals surface area contributed by atoms with Gasteiger partial charge in [-0.2, -0.15) is 8.78 Å². The Morgan fingerprint density at radius 2 is 1.78 bits per heavy atom. The number of ether oxygens (including phenoxy) is 4. The van der Waals surface area contributed by atoms with E-state index in [2.05, 4.69) is 0 Å². The lowest BCUT2D eigenvalue weighted by molar-refractivity contribution is -0.245. The minimum atomic E-state index is -3.54. The van der Waals surface area contributed by atoms with Crippen molar-refractivity contribution in [3.8, 4) is 0 Å². The van der Waals surface area contributed by atoms with Crippen molar-refractivity contribution in [2.24, 2.45) is 29.6 Å². The normalized spacial score (nSPS) is 47.6. The number of carbonyl (C=O) groups is 3. The van der Waals surface area contributed by atoms with Gasteiger partial charge in [-0.25, -0.2) is 9.59 Å². The fraction of sp³-hybridized carbons (Fsp3) is 0.870. The molecule has 7 atom stereocenters. The van der Waals surface area contributed by atoms with Crippen molar-refractivity contribution in [1.82, 2.24) is 0 Å². The van der Waals surface area contributed by atoms with Gasteiger partial charge in [0.25, 0.3) is 0 Å². The Balaban J connectivity index is 1.10. The van der Waals surface area contributed by atoms with E-state index in [9.17, 15) is 23.2 Å². The number of esters is 3. The molecule has 0 aromatic carbocycles. The van der Waals surface area contributed by atoms with Gasteiger partial charge >= 0.3 is 23.8 Å². The van der Waals surface area contributed by atoms with Crippen LogP contribution in [0.15, 0.2) is 0 Å². The molecule has 7 rings (SSSR count). The predicted octanol–water partition coefficient (Wildman–Crippen LogP) is 2.79. The maximum Gasteiger partial charge on any atom is 0.377 e. The summed E-state index contributed by atoms with van der Waals surface area (Å²) in [5.74, 6) is -4.98. The highest BCUT2D eigenvalue weighted by molar-refractivity contribution is 5.78. The van der Waals surface area contributed by atoms with Crippen molar-refractivity contribution in [2.45, 2.75) is 87.6 Å². The Labute approximate surface area is 184 Å². The fourth-order valence-electron chi connectivity index (χ4n) is 8.13. The van der Waals surface area contributed by atoms with E-state index >= 15 is 0 Å². The average molecular weight is 454 g/mol. The van der Waals surface area contributed by atoms with Gasteiger partial charge in [0.2, 0.25) is 0 Å². The van der Waals surface area contributed by atoms with Crippen LogP contribution >= 0.6 is 0 Å². The molecule has 1 aliphatic heterocycles. The Hall–Kier alpha value is -1.77. The molecule has 0 spiro atoms. The minimum absolute atomic E-state index is 0.0439. The van der Waals surface area contributed by atoms with Crippen LogP contribution in [-0.2, 0) is 33.3 Å². The van der Waals surface area contributed by atoms with Crippen LogP contribution in [0.2, 0.25) is 0 Å². The number of rotatable bonds is 6. The largest absolute Gasteiger partial charge is 0.458 e. The second-order valence-corrected chi connectivity index (χ2v) is 11.3. The summed E-state index contributed by atoms with van der Waals surface area (Å²) >= 11 is 0. The van der Waals surface area contributed by atoms with Crippen molar-refractivity contribution < 1.29 is 42.1 Å². The van der Waals surface area contributed by atoms with Gasteiger partial charge in [0.1, 0.15) is 24.4 Å². The van der Waals surface area contributed by atoms with Gasteiger partial charge in [0.15, 0.2) is 0 Å². The van der Waals surface area contributed by atoms with E-state index in [0.29, 0.717) is 32.6 Å². The highest BCUT2D eigenvalue weighted by Gasteiger charge is 2.64. The topological polar surface area (TPSA) is 88.1 Å². The molecule has 7 unspecified atom stereocenters. The van der Waals surface area contributed by atoms with Crippen molar-refractivity contribution >= 4 is 17.9 Å². The van der Waals surface area contributed by atoms with E-state index in [1.54, 1.807) is 0 Å². The molecule has 0 amide bonds. The van der Waals surface area contributed by atoms with Crippen molar-refractivity contribution in [3.63, 3.8) is 0 Å². The van der Waals surface area contributed by atoms with E-state index in [4.69, 9.17) is 18.9 Å². The summed E-state index contributed by atoms with van der Waals surface area (Å²) < 4.78 is 49.7. The van der Waals surface area contributed by atoms with E-state index in [1.165, 1.54) is 0 Å². The maximum atomic E-state index is 13.5. The average Bonchev–Trinajstić information content (AvgIpc) is 3.29. The third-order valence-corrected chi connectivity index (χ3v) is 8.80. The smallest absolute Gasteiger partial charge is 0.377 e. The first-order valence-electron chi connectivity index (χ1n) is 11.7. The summed E-state index contributed by atoms with van der Waals surface area (Å²) in [6, 6.07) is 0. The van der Waals surface area contributed by atoms with Gasteiger partial charge < -0.3 is 18.9 Å². The lowest BCUT2D eigenvalue weighted by Crippen LogP contribution is -2.62. The summed E-state index contributed by atoms with van der Waals surface area (Å²) in [4.78, 5) is 36.5. The van der Waals surface area contributed by atoms with Gasteiger partial charge in [0.05, 0.1) is 11.5 Å². The Kier molecular flexibility index (Phi) is 4.32. The number of hydrogen-bond donors (Lipinski definition) is 0. The van der Waals surface area contributed by atoms with Crippen LogP contribution in [0.3, 0.4) is 0 Å². The molecule has 9 heteroatoms. The number of halogens is 2. The molecule has 7 nitrogen and oxygen atoms in total. The van der Waals surface area contributed by atoms with Crippen molar-refractivity contribution in [1.29, 1.82) is 0 Å². The van der Waals surface area contributed by atoms with Crippen molar-refractivity contribution in [3.05, 3.63) is 0 Å². The summed E-state index contributed by atoms with van der Waals surface area (Å²) in [6.07, 6.45) is 4.71. The van der Waals surface area contributed by atoms with Crippen LogP contribution < -0.4 is 0 Å². The Morgan fingerprint density at radius 3 is 2.47 bits per heavy atom. The number of alkyl halides is 2. The van der Waals surface area contributed by atoms with Gasteiger partial charge in [-0.05, 0) is 56.8 Å². The molecule has 7 fully saturated rings. The van der Waals surface area contributed by atoms with E-state index < -0.39 is 35.2 Å². The predicted molar refractivity (Wildman–Crippen MR) is 102 cm³/mol. The van der Waals surface area contributed by atoms with Crippen LogP contribution in [0, 0.1) is 29.6 Å². The van der Waals surface area contributed by atoms with Gasteiger partial charge in [0, 0.05) is 25.2 Å². The zero-order chi connectivity index (χ0) is 22.5. The second-order valence-electron chi connectivity index (χ2n) is 11.3. The first-order chi connectivity index (χ1) is 15.0. The Bertz CT molecular complexity index is 853. The quantitative estimate of drug-likeness (QED) is 0.450. The van der Waals surface area contributed by atoms with Crippen LogP contribution in [0.1, 0.15) is 58.3 Å². The molecule has 0 N–H and O–H groups in total. The second kappa shape index (κ2) is 6.64. The summed E-state index contributed by atoms with van der Waals surface area (Å²) in [5.41, 5.74) is -1.60. The van der Waals surface area contributed by atoms with E-state index in [-0.39, 0.29) is 48.3 Å². The molecule has 7 aliphatic rings. The molecular formula is C23H28F2O7. The van der Waals surface area contributed by atoms with Crippen LogP contribution in [0.5, 0.6) is 0 Å². The first-order valence-corrected chi connectivity index (χ1v) is 11.7. The third-order valence-electron chi connectivity index (χ3n) is 8.80. The molecule has 0 radical (unpaired) electrons. The standard InChI is InChI=1S/C23H28F2O7/c1-21(24,25)20(28)32-23-7-11-2-12(8-23)6-22(5-11,10-23)29-9-16(26)30-17-13-3-14-15(4-13)19(27)31-18(14)17/h11-15,17-18H,2-10H2,1H3. The molecule has 6 aliphatic carbocycles. The molecule has 176 valence electrons. The monoisotopic (exact) mass is 454 g/mol. The SMILES string of the molecule is CC(F)(F)C(=O)OC12CC3CC(CC(OCC(=O)OC4C5CC6C(=O)OC4C6C5)(C3)C1)C2. The van der Waals surface area contributed by atoms with Gasteiger partial charge in [-0.15, -0.1) is 0 Å². The van der Waals surface area contributed by atoms with Crippen molar-refractivity contribution in [2.75, 3.05) is 6.61 Å². The molecular weight excluding hydrogens is 426 g/mol. The van der Waals surface area contributed by atoms with Crippen LogP contribution in [0.25, 0.3) is 0 Å². The Morgan fingerprint density at radius 1 is 1.09 bits per heavy atom. The highest BCUT2D eigenvalue weighted by Crippen LogP contribution is 2.60. The molecule has 1 saturated heterocycles. The number of fused-ring (bicyclic) bond motifs is 1. The van der Waals surface area contributed by atoms with Gasteiger partial charge in [-0.1, -0.05) is 0 Å². The summed E-state index contributed by atoms with van der Waals surface area (Å²) in [7, 11) is 0. The molecule has 0 aromatic heterocycles. The molecule has 32 heavy (non-hydrogen) atoms. The van der Waals surface area contributed by atoms with Crippen LogP contribution in [0.4, 0.5) is 8.78 Å². The minimum Gasteiger partial charge on any atom is -0.458 e. The summed E-state index contributed by atoms with van der Waals surface area (Å²) in [5, 5.41) is 0. The zero-order valence-electron chi connectivity index (χ0n) is 18.0. The number of hydrogen-bond acceptors (Lipinski definition) is 7. The zero-order valence-corrected chi connectivity index (χ0v) is 18.0. The number of carbonyl (C=O) groups excluding carboxylic acids is 3.